The molecule has 0 saturated carbocycles. The number of nitrogens with zero attached hydrogens (tertiary/aromatic N) is 3. The maximum atomic E-state index is 5.98. The van der Waals surface area contributed by atoms with Crippen molar-refractivity contribution in [1.82, 2.24) is 14.5 Å². The topological polar surface area (TPSA) is 82.8 Å². The second-order valence-corrected chi connectivity index (χ2v) is 4.51. The number of aromatic nitrogens is 3. The van der Waals surface area contributed by atoms with E-state index in [2.05, 4.69) is 9.97 Å². The first-order valence-electron chi connectivity index (χ1n) is 6.05. The standard InChI is InChI=1S/C14H15N5/c1-19-7-11(10-4-2-9(6-15)3-5-10)12-13(16)17-8-18-14(12)19/h2-5,7-8H,6,15H2,1H3,(H2,16,17,18). The van der Waals surface area contributed by atoms with Gasteiger partial charge in [0.25, 0.3) is 0 Å². The monoisotopic (exact) mass is 253 g/mol. The minimum atomic E-state index is 0.503. The summed E-state index contributed by atoms with van der Waals surface area (Å²) in [4.78, 5) is 8.35. The Balaban J connectivity index is 2.24. The number of hydrogen-bond acceptors (Lipinski definition) is 4. The summed E-state index contributed by atoms with van der Waals surface area (Å²) in [5, 5.41) is 0.894. The van der Waals surface area contributed by atoms with Gasteiger partial charge < -0.3 is 16.0 Å². The number of hydrogen-bond donors (Lipinski definition) is 2. The van der Waals surface area contributed by atoms with E-state index in [1.807, 2.05) is 42.1 Å². The summed E-state index contributed by atoms with van der Waals surface area (Å²) in [6, 6.07) is 8.13. The lowest BCUT2D eigenvalue weighted by atomic mass is 10.0. The number of aryl methyl sites for hydroxylation is 1. The summed E-state index contributed by atoms with van der Waals surface area (Å²) < 4.78 is 1.96. The van der Waals surface area contributed by atoms with Crippen LogP contribution in [0.1, 0.15) is 5.56 Å². The Morgan fingerprint density at radius 1 is 1.16 bits per heavy atom. The molecule has 1 aromatic carbocycles. The highest BCUT2D eigenvalue weighted by Gasteiger charge is 2.12. The van der Waals surface area contributed by atoms with Gasteiger partial charge in [-0.25, -0.2) is 9.97 Å². The molecule has 0 saturated heterocycles. The van der Waals surface area contributed by atoms with Gasteiger partial charge in [-0.3, -0.25) is 0 Å². The predicted octanol–water partition coefficient (Wildman–Crippen LogP) is 1.68. The molecule has 3 rings (SSSR count). The van der Waals surface area contributed by atoms with Gasteiger partial charge in [0, 0.05) is 25.4 Å². The third kappa shape index (κ3) is 1.84. The maximum absolute atomic E-state index is 5.98. The van der Waals surface area contributed by atoms with Crippen LogP contribution in [0.2, 0.25) is 0 Å². The maximum Gasteiger partial charge on any atom is 0.145 e. The van der Waals surface area contributed by atoms with E-state index >= 15 is 0 Å². The Kier molecular flexibility index (Phi) is 2.68. The van der Waals surface area contributed by atoms with Crippen LogP contribution in [0.3, 0.4) is 0 Å². The molecule has 5 nitrogen and oxygen atoms in total. The third-order valence-electron chi connectivity index (χ3n) is 3.28. The molecule has 4 N–H and O–H groups in total. The zero-order valence-electron chi connectivity index (χ0n) is 10.7. The SMILES string of the molecule is Cn1cc(-c2ccc(CN)cc2)c2c(N)ncnc21. The van der Waals surface area contributed by atoms with E-state index in [9.17, 15) is 0 Å². The highest BCUT2D eigenvalue weighted by Crippen LogP contribution is 2.31. The van der Waals surface area contributed by atoms with Crippen molar-refractivity contribution in [2.24, 2.45) is 12.8 Å². The van der Waals surface area contributed by atoms with Crippen molar-refractivity contribution >= 4 is 16.9 Å². The van der Waals surface area contributed by atoms with Gasteiger partial charge in [-0.1, -0.05) is 24.3 Å². The highest BCUT2D eigenvalue weighted by molar-refractivity contribution is 6.00. The molecule has 19 heavy (non-hydrogen) atoms. The first-order chi connectivity index (χ1) is 9.20. The summed E-state index contributed by atoms with van der Waals surface area (Å²) in [6.07, 6.45) is 3.51. The molecule has 5 heteroatoms. The summed E-state index contributed by atoms with van der Waals surface area (Å²) in [7, 11) is 1.95. The first kappa shape index (κ1) is 11.7. The van der Waals surface area contributed by atoms with Crippen molar-refractivity contribution in [1.29, 1.82) is 0 Å². The van der Waals surface area contributed by atoms with Crippen molar-refractivity contribution in [2.75, 3.05) is 5.73 Å². The Hall–Kier alpha value is -2.40. The third-order valence-corrected chi connectivity index (χ3v) is 3.28. The molecule has 0 atom stereocenters. The van der Waals surface area contributed by atoms with E-state index in [0.29, 0.717) is 12.4 Å². The average molecular weight is 253 g/mol. The molecule has 2 heterocycles. The van der Waals surface area contributed by atoms with Gasteiger partial charge >= 0.3 is 0 Å². The Labute approximate surface area is 110 Å². The van der Waals surface area contributed by atoms with E-state index in [1.54, 1.807) is 0 Å². The molecule has 0 aliphatic rings. The molecule has 3 aromatic rings. The molecule has 0 spiro atoms. The van der Waals surface area contributed by atoms with Gasteiger partial charge in [0.05, 0.1) is 5.39 Å². The van der Waals surface area contributed by atoms with Crippen molar-refractivity contribution < 1.29 is 0 Å². The minimum absolute atomic E-state index is 0.503. The molecular formula is C14H15N5. The van der Waals surface area contributed by atoms with E-state index in [4.69, 9.17) is 11.5 Å². The smallest absolute Gasteiger partial charge is 0.145 e. The van der Waals surface area contributed by atoms with Crippen LogP contribution >= 0.6 is 0 Å². The quantitative estimate of drug-likeness (QED) is 0.727. The lowest BCUT2D eigenvalue weighted by molar-refractivity contribution is 0.945. The van der Waals surface area contributed by atoms with Crippen LogP contribution in [0.15, 0.2) is 36.8 Å². The van der Waals surface area contributed by atoms with Gasteiger partial charge in [-0.15, -0.1) is 0 Å². The van der Waals surface area contributed by atoms with Gasteiger partial charge in [0.15, 0.2) is 0 Å². The van der Waals surface area contributed by atoms with Crippen molar-refractivity contribution in [3.63, 3.8) is 0 Å². The summed E-state index contributed by atoms with van der Waals surface area (Å²) in [5.74, 6) is 0.503. The molecule has 96 valence electrons. The van der Waals surface area contributed by atoms with Crippen LogP contribution in [0, 0.1) is 0 Å². The zero-order chi connectivity index (χ0) is 13.4. The van der Waals surface area contributed by atoms with Gasteiger partial charge in [-0.05, 0) is 11.1 Å². The van der Waals surface area contributed by atoms with E-state index < -0.39 is 0 Å². The van der Waals surface area contributed by atoms with Crippen LogP contribution in [-0.4, -0.2) is 14.5 Å². The number of benzene rings is 1. The molecule has 0 fully saturated rings. The van der Waals surface area contributed by atoms with Gasteiger partial charge in [-0.2, -0.15) is 0 Å². The normalized spacial score (nSPS) is 11.1. The highest BCUT2D eigenvalue weighted by atomic mass is 15.0. The van der Waals surface area contributed by atoms with Crippen LogP contribution in [0.25, 0.3) is 22.2 Å². The van der Waals surface area contributed by atoms with Gasteiger partial charge in [0.2, 0.25) is 0 Å². The number of rotatable bonds is 2. The fraction of sp³-hybridized carbons (Fsp3) is 0.143. The first-order valence-corrected chi connectivity index (χ1v) is 6.05. The summed E-state index contributed by atoms with van der Waals surface area (Å²) in [6.45, 7) is 0.543. The molecule has 0 radical (unpaired) electrons. The average Bonchev–Trinajstić information content (AvgIpc) is 2.78. The molecule has 0 aliphatic carbocycles. The molecular weight excluding hydrogens is 238 g/mol. The largest absolute Gasteiger partial charge is 0.383 e. The van der Waals surface area contributed by atoms with Crippen LogP contribution in [0.5, 0.6) is 0 Å². The van der Waals surface area contributed by atoms with Crippen molar-refractivity contribution in [3.8, 4) is 11.1 Å². The van der Waals surface area contributed by atoms with Crippen molar-refractivity contribution in [2.45, 2.75) is 6.54 Å². The molecule has 0 bridgehead atoms. The number of nitrogens with two attached hydrogens (primary N) is 2. The zero-order valence-corrected chi connectivity index (χ0v) is 10.7. The van der Waals surface area contributed by atoms with Gasteiger partial charge in [0.1, 0.15) is 17.8 Å². The van der Waals surface area contributed by atoms with E-state index in [0.717, 1.165) is 27.7 Å². The molecule has 0 aliphatic heterocycles. The van der Waals surface area contributed by atoms with E-state index in [-0.39, 0.29) is 0 Å². The number of fused-ring (bicyclic) bond motifs is 1. The van der Waals surface area contributed by atoms with Crippen LogP contribution in [-0.2, 0) is 13.6 Å². The summed E-state index contributed by atoms with van der Waals surface area (Å²) in [5.41, 5.74) is 15.7. The second-order valence-electron chi connectivity index (χ2n) is 4.51. The lowest BCUT2D eigenvalue weighted by Gasteiger charge is -2.02. The second kappa shape index (κ2) is 4.37. The van der Waals surface area contributed by atoms with E-state index in [1.165, 1.54) is 6.33 Å². The molecule has 2 aromatic heterocycles. The Morgan fingerprint density at radius 2 is 1.89 bits per heavy atom. The predicted molar refractivity (Wildman–Crippen MR) is 76.2 cm³/mol. The fourth-order valence-electron chi connectivity index (χ4n) is 2.27. The fourth-order valence-corrected chi connectivity index (χ4v) is 2.27. The number of nitrogen functional groups attached to an aromatic ring is 1. The molecule has 0 amide bonds. The van der Waals surface area contributed by atoms with Crippen molar-refractivity contribution in [3.05, 3.63) is 42.4 Å². The van der Waals surface area contributed by atoms with Crippen LogP contribution < -0.4 is 11.5 Å². The minimum Gasteiger partial charge on any atom is -0.383 e. The lowest BCUT2D eigenvalue weighted by Crippen LogP contribution is -1.95. The van der Waals surface area contributed by atoms with Crippen LogP contribution in [0.4, 0.5) is 5.82 Å². The number of anilines is 1. The Bertz CT molecular complexity index is 727. The molecule has 0 unspecified atom stereocenters. The Morgan fingerprint density at radius 3 is 2.58 bits per heavy atom. The summed E-state index contributed by atoms with van der Waals surface area (Å²) >= 11 is 0.